The van der Waals surface area contributed by atoms with Crippen LogP contribution >= 0.6 is 0 Å². The number of likely N-dealkylation sites (N-methyl/N-ethyl adjacent to an activating group) is 1. The van der Waals surface area contributed by atoms with Crippen molar-refractivity contribution in [3.8, 4) is 0 Å². The molecule has 158 valence electrons. The molecule has 1 fully saturated rings. The number of hydrogen-bond donors (Lipinski definition) is 1. The Labute approximate surface area is 168 Å². The van der Waals surface area contributed by atoms with E-state index >= 15 is 0 Å². The maximum atomic E-state index is 12.8. The van der Waals surface area contributed by atoms with Crippen LogP contribution in [0.2, 0.25) is 0 Å². The molecule has 2 rings (SSSR count). The molecular weight excluding hydrogens is 360 g/mol. The molecule has 0 bridgehead atoms. The zero-order chi connectivity index (χ0) is 21.2. The molecule has 0 radical (unpaired) electrons. The van der Waals surface area contributed by atoms with Crippen molar-refractivity contribution in [2.24, 2.45) is 5.41 Å². The molecule has 1 N–H and O–H groups in total. The monoisotopic (exact) mass is 394 g/mol. The van der Waals surface area contributed by atoms with Crippen LogP contribution in [0.3, 0.4) is 0 Å². The smallest absolute Gasteiger partial charge is 0.290 e. The molecule has 7 heteroatoms. The number of morpholine rings is 1. The van der Waals surface area contributed by atoms with Gasteiger partial charge in [-0.05, 0) is 18.0 Å². The zero-order valence-electron chi connectivity index (χ0n) is 17.6. The number of ether oxygens (including phenoxy) is 2. The topological polar surface area (TPSA) is 79.3 Å². The highest BCUT2D eigenvalue weighted by molar-refractivity contribution is 5.78. The van der Waals surface area contributed by atoms with Gasteiger partial charge in [0.2, 0.25) is 5.91 Å². The van der Waals surface area contributed by atoms with Crippen LogP contribution in [-0.2, 0) is 19.1 Å². The number of rotatable bonds is 6. The van der Waals surface area contributed by atoms with Crippen molar-refractivity contribution in [1.82, 2.24) is 9.80 Å². The van der Waals surface area contributed by atoms with Crippen LogP contribution in [0.25, 0.3) is 0 Å². The second kappa shape index (κ2) is 11.8. The van der Waals surface area contributed by atoms with Gasteiger partial charge in [-0.2, -0.15) is 0 Å². The number of benzene rings is 1. The number of nitrogens with zero attached hydrogens (tertiary/aromatic N) is 2. The van der Waals surface area contributed by atoms with Crippen LogP contribution in [0.15, 0.2) is 30.3 Å². The molecule has 1 aromatic rings. The summed E-state index contributed by atoms with van der Waals surface area (Å²) in [6, 6.07) is 10.2. The highest BCUT2D eigenvalue weighted by Gasteiger charge is 2.37. The number of amides is 1. The van der Waals surface area contributed by atoms with Gasteiger partial charge in [0.25, 0.3) is 6.47 Å². The molecule has 2 atom stereocenters. The number of carbonyl (C=O) groups is 2. The first-order valence-electron chi connectivity index (χ1n) is 9.46. The van der Waals surface area contributed by atoms with Crippen molar-refractivity contribution in [1.29, 1.82) is 0 Å². The maximum Gasteiger partial charge on any atom is 0.290 e. The quantitative estimate of drug-likeness (QED) is 0.746. The Morgan fingerprint density at radius 3 is 2.46 bits per heavy atom. The van der Waals surface area contributed by atoms with E-state index in [0.717, 1.165) is 12.1 Å². The van der Waals surface area contributed by atoms with Crippen LogP contribution in [-0.4, -0.2) is 80.3 Å². The van der Waals surface area contributed by atoms with E-state index < -0.39 is 0 Å². The predicted octanol–water partition coefficient (Wildman–Crippen LogP) is 2.28. The lowest BCUT2D eigenvalue weighted by Gasteiger charge is -2.44. The van der Waals surface area contributed by atoms with Gasteiger partial charge in [0.05, 0.1) is 25.8 Å². The standard InChI is InChI=1S/C20H32N2O3.CH2O2/c1-20(2,3)18-14-22(19(23)15-21(4)11-12-24-5)13-17(25-18)16-9-7-6-8-10-16;2-1-3/h6-10,17-18H,11-15H2,1-5H3;1H,(H,2,3)/t17-,18+;/m0./s1. The third kappa shape index (κ3) is 7.96. The van der Waals surface area contributed by atoms with Crippen LogP contribution in [0.4, 0.5) is 0 Å². The molecule has 0 saturated carbocycles. The van der Waals surface area contributed by atoms with E-state index in [-0.39, 0.29) is 30.0 Å². The van der Waals surface area contributed by atoms with Crippen molar-refractivity contribution in [2.75, 3.05) is 46.9 Å². The fourth-order valence-electron chi connectivity index (χ4n) is 2.95. The fraction of sp³-hybridized carbons (Fsp3) is 0.619. The summed E-state index contributed by atoms with van der Waals surface area (Å²) < 4.78 is 11.4. The Hall–Kier alpha value is -1.96. The van der Waals surface area contributed by atoms with Crippen molar-refractivity contribution in [2.45, 2.75) is 33.0 Å². The number of methoxy groups -OCH3 is 1. The van der Waals surface area contributed by atoms with Gasteiger partial charge in [-0.3, -0.25) is 14.5 Å². The van der Waals surface area contributed by atoms with Crippen LogP contribution in [0.1, 0.15) is 32.4 Å². The minimum atomic E-state index is -0.250. The predicted molar refractivity (Wildman–Crippen MR) is 108 cm³/mol. The van der Waals surface area contributed by atoms with E-state index in [0.29, 0.717) is 26.2 Å². The van der Waals surface area contributed by atoms with Gasteiger partial charge >= 0.3 is 0 Å². The lowest BCUT2D eigenvalue weighted by molar-refractivity contribution is -0.157. The van der Waals surface area contributed by atoms with E-state index in [9.17, 15) is 4.79 Å². The van der Waals surface area contributed by atoms with Gasteiger partial charge in [-0.1, -0.05) is 51.1 Å². The normalized spacial score (nSPS) is 19.7. The Morgan fingerprint density at radius 2 is 1.93 bits per heavy atom. The van der Waals surface area contributed by atoms with E-state index in [1.165, 1.54) is 0 Å². The number of hydrogen-bond acceptors (Lipinski definition) is 5. The summed E-state index contributed by atoms with van der Waals surface area (Å²) in [5.41, 5.74) is 1.11. The molecule has 7 nitrogen and oxygen atoms in total. The summed E-state index contributed by atoms with van der Waals surface area (Å²) in [7, 11) is 3.63. The summed E-state index contributed by atoms with van der Waals surface area (Å²) in [6.07, 6.45) is -0.0629. The van der Waals surface area contributed by atoms with Gasteiger partial charge in [-0.25, -0.2) is 0 Å². The van der Waals surface area contributed by atoms with Gasteiger partial charge in [-0.15, -0.1) is 0 Å². The minimum Gasteiger partial charge on any atom is -0.483 e. The minimum absolute atomic E-state index is 0.0136. The van der Waals surface area contributed by atoms with E-state index in [1.54, 1.807) is 7.11 Å². The average molecular weight is 395 g/mol. The van der Waals surface area contributed by atoms with Crippen molar-refractivity contribution < 1.29 is 24.2 Å². The molecule has 0 spiro atoms. The lowest BCUT2D eigenvalue weighted by atomic mass is 9.87. The summed E-state index contributed by atoms with van der Waals surface area (Å²) in [6.45, 7) is 9.27. The number of carbonyl (C=O) groups excluding carboxylic acids is 1. The average Bonchev–Trinajstić information content (AvgIpc) is 2.66. The Balaban J connectivity index is 0.00000122. The summed E-state index contributed by atoms with van der Waals surface area (Å²) in [5, 5.41) is 6.89. The zero-order valence-corrected chi connectivity index (χ0v) is 17.6. The van der Waals surface area contributed by atoms with E-state index in [1.807, 2.05) is 35.0 Å². The highest BCUT2D eigenvalue weighted by atomic mass is 16.5. The molecule has 0 aromatic heterocycles. The first-order chi connectivity index (χ1) is 13.2. The third-order valence-corrected chi connectivity index (χ3v) is 4.67. The third-order valence-electron chi connectivity index (χ3n) is 4.67. The first-order valence-corrected chi connectivity index (χ1v) is 9.46. The molecule has 0 aliphatic carbocycles. The van der Waals surface area contributed by atoms with E-state index in [4.69, 9.17) is 19.4 Å². The molecule has 1 aliphatic heterocycles. The number of carboxylic acid groups (broad SMARTS) is 1. The molecular formula is C21H34N2O5. The largest absolute Gasteiger partial charge is 0.483 e. The maximum absolute atomic E-state index is 12.8. The molecule has 1 heterocycles. The summed E-state index contributed by atoms with van der Waals surface area (Å²) >= 11 is 0. The Kier molecular flexibility index (Phi) is 10.1. The molecule has 1 aliphatic rings. The molecule has 1 amide bonds. The summed E-state index contributed by atoms with van der Waals surface area (Å²) in [4.78, 5) is 25.1. The molecule has 28 heavy (non-hydrogen) atoms. The van der Waals surface area contributed by atoms with Crippen molar-refractivity contribution >= 4 is 12.4 Å². The SMILES string of the molecule is COCCN(C)CC(=O)N1C[C@@H](c2ccccc2)O[C@@H](C(C)(C)C)C1.O=CO. The van der Waals surface area contributed by atoms with Crippen LogP contribution in [0, 0.1) is 5.41 Å². The molecule has 1 saturated heterocycles. The van der Waals surface area contributed by atoms with Crippen LogP contribution < -0.4 is 0 Å². The molecule has 1 aromatic carbocycles. The first kappa shape index (κ1) is 24.1. The summed E-state index contributed by atoms with van der Waals surface area (Å²) in [5.74, 6) is 0.150. The Bertz CT molecular complexity index is 588. The van der Waals surface area contributed by atoms with Crippen molar-refractivity contribution in [3.63, 3.8) is 0 Å². The van der Waals surface area contributed by atoms with Crippen molar-refractivity contribution in [3.05, 3.63) is 35.9 Å². The van der Waals surface area contributed by atoms with E-state index in [2.05, 4.69) is 32.9 Å². The second-order valence-electron chi connectivity index (χ2n) is 8.02. The highest BCUT2D eigenvalue weighted by Crippen LogP contribution is 2.33. The lowest BCUT2D eigenvalue weighted by Crippen LogP contribution is -2.53. The second-order valence-corrected chi connectivity index (χ2v) is 8.02. The van der Waals surface area contributed by atoms with Crippen LogP contribution in [0.5, 0.6) is 0 Å². The van der Waals surface area contributed by atoms with Gasteiger partial charge in [0.1, 0.15) is 6.10 Å². The Morgan fingerprint density at radius 1 is 1.32 bits per heavy atom. The van der Waals surface area contributed by atoms with Gasteiger partial charge in [0.15, 0.2) is 0 Å². The fourth-order valence-corrected chi connectivity index (χ4v) is 2.95. The molecule has 0 unspecified atom stereocenters. The van der Waals surface area contributed by atoms with Gasteiger partial charge < -0.3 is 19.5 Å². The van der Waals surface area contributed by atoms with Gasteiger partial charge in [0, 0.05) is 20.2 Å².